The molecule has 0 aliphatic carbocycles. The van der Waals surface area contributed by atoms with Crippen molar-refractivity contribution >= 4 is 15.5 Å². The number of hydrogen-bond acceptors (Lipinski definition) is 4. The Labute approximate surface area is 125 Å². The fraction of sp³-hybridized carbons (Fsp3) is 0.400. The van der Waals surface area contributed by atoms with Gasteiger partial charge in [0.05, 0.1) is 16.3 Å². The van der Waals surface area contributed by atoms with Gasteiger partial charge in [-0.05, 0) is 18.1 Å². The molecule has 1 aromatic carbocycles. The van der Waals surface area contributed by atoms with E-state index in [0.717, 1.165) is 11.3 Å². The summed E-state index contributed by atoms with van der Waals surface area (Å²) in [4.78, 5) is 0.319. The van der Waals surface area contributed by atoms with E-state index in [1.807, 2.05) is 19.3 Å². The van der Waals surface area contributed by atoms with E-state index < -0.39 is 9.84 Å². The van der Waals surface area contributed by atoms with Crippen molar-refractivity contribution in [3.63, 3.8) is 0 Å². The second-order valence-corrected chi connectivity index (χ2v) is 7.47. The number of nitrogens with one attached hydrogen (secondary N) is 1. The Bertz CT molecular complexity index is 733. The molecule has 0 unspecified atom stereocenters. The zero-order valence-electron chi connectivity index (χ0n) is 12.8. The van der Waals surface area contributed by atoms with Crippen LogP contribution >= 0.6 is 0 Å². The van der Waals surface area contributed by atoms with Crippen LogP contribution in [0.3, 0.4) is 0 Å². The summed E-state index contributed by atoms with van der Waals surface area (Å²) in [7, 11) is -1.35. The molecule has 0 radical (unpaired) electrons. The van der Waals surface area contributed by atoms with Gasteiger partial charge in [0.15, 0.2) is 9.84 Å². The lowest BCUT2D eigenvalue weighted by Crippen LogP contribution is -2.07. The average Bonchev–Trinajstić information content (AvgIpc) is 2.77. The van der Waals surface area contributed by atoms with Crippen molar-refractivity contribution in [2.75, 3.05) is 11.6 Å². The highest BCUT2D eigenvalue weighted by Crippen LogP contribution is 2.23. The van der Waals surface area contributed by atoms with Crippen molar-refractivity contribution in [3.8, 4) is 0 Å². The van der Waals surface area contributed by atoms with Crippen LogP contribution in [-0.4, -0.2) is 24.5 Å². The van der Waals surface area contributed by atoms with Crippen LogP contribution in [0.15, 0.2) is 35.4 Å². The summed E-state index contributed by atoms with van der Waals surface area (Å²) in [5.41, 5.74) is 2.73. The van der Waals surface area contributed by atoms with Crippen LogP contribution in [0.1, 0.15) is 31.0 Å². The molecule has 0 atom stereocenters. The number of hydrogen-bond donors (Lipinski definition) is 1. The molecule has 0 amide bonds. The minimum Gasteiger partial charge on any atom is -0.380 e. The van der Waals surface area contributed by atoms with Crippen molar-refractivity contribution in [2.24, 2.45) is 7.05 Å². The van der Waals surface area contributed by atoms with Gasteiger partial charge in [0, 0.05) is 31.6 Å². The van der Waals surface area contributed by atoms with Gasteiger partial charge in [0.1, 0.15) is 0 Å². The Morgan fingerprint density at radius 3 is 2.57 bits per heavy atom. The van der Waals surface area contributed by atoms with E-state index in [0.29, 0.717) is 23.0 Å². The van der Waals surface area contributed by atoms with Gasteiger partial charge in [-0.3, -0.25) is 4.68 Å². The van der Waals surface area contributed by atoms with E-state index in [1.54, 1.807) is 22.9 Å². The molecule has 1 N–H and O–H groups in total. The van der Waals surface area contributed by atoms with Crippen LogP contribution < -0.4 is 5.32 Å². The Hall–Kier alpha value is -1.82. The van der Waals surface area contributed by atoms with Crippen molar-refractivity contribution in [3.05, 3.63) is 41.7 Å². The third-order valence-corrected chi connectivity index (χ3v) is 4.39. The first kappa shape index (κ1) is 15.6. The van der Waals surface area contributed by atoms with Gasteiger partial charge >= 0.3 is 0 Å². The largest absolute Gasteiger partial charge is 0.380 e. The Morgan fingerprint density at radius 1 is 1.29 bits per heavy atom. The Balaban J connectivity index is 2.26. The predicted octanol–water partition coefficient (Wildman–Crippen LogP) is 2.56. The Kier molecular flexibility index (Phi) is 4.37. The van der Waals surface area contributed by atoms with Gasteiger partial charge in [-0.1, -0.05) is 26.0 Å². The first-order chi connectivity index (χ1) is 9.79. The molecule has 5 nitrogen and oxygen atoms in total. The minimum atomic E-state index is -3.24. The zero-order chi connectivity index (χ0) is 15.6. The van der Waals surface area contributed by atoms with E-state index in [9.17, 15) is 8.42 Å². The summed E-state index contributed by atoms with van der Waals surface area (Å²) in [6, 6.07) is 6.95. The lowest BCUT2D eigenvalue weighted by atomic mass is 10.1. The third-order valence-electron chi connectivity index (χ3n) is 3.24. The molecule has 0 fully saturated rings. The number of aryl methyl sites for hydroxylation is 1. The third kappa shape index (κ3) is 3.64. The highest BCUT2D eigenvalue weighted by Gasteiger charge is 2.14. The maximum Gasteiger partial charge on any atom is 0.177 e. The van der Waals surface area contributed by atoms with Crippen molar-refractivity contribution in [1.82, 2.24) is 9.78 Å². The molecular formula is C15H21N3O2S. The molecule has 21 heavy (non-hydrogen) atoms. The highest BCUT2D eigenvalue weighted by atomic mass is 32.2. The van der Waals surface area contributed by atoms with E-state index in [2.05, 4.69) is 24.3 Å². The fourth-order valence-electron chi connectivity index (χ4n) is 2.30. The number of anilines is 1. The van der Waals surface area contributed by atoms with E-state index in [-0.39, 0.29) is 0 Å². The standard InChI is InChI=1S/C15H21N3O2S/c1-11(2)15-12(10-18(3)17-15)9-16-13-7-5-6-8-14(13)21(4,19)20/h5-8,10-11,16H,9H2,1-4H3. The van der Waals surface area contributed by atoms with Gasteiger partial charge in [0.2, 0.25) is 0 Å². The molecule has 0 bridgehead atoms. The molecule has 0 aliphatic heterocycles. The van der Waals surface area contributed by atoms with Crippen LogP contribution in [-0.2, 0) is 23.4 Å². The zero-order valence-corrected chi connectivity index (χ0v) is 13.6. The number of aromatic nitrogens is 2. The van der Waals surface area contributed by atoms with E-state index in [1.165, 1.54) is 6.26 Å². The molecule has 1 aromatic heterocycles. The average molecular weight is 307 g/mol. The number of para-hydroxylation sites is 1. The topological polar surface area (TPSA) is 64.0 Å². The normalized spacial score (nSPS) is 11.9. The first-order valence-corrected chi connectivity index (χ1v) is 8.73. The molecule has 2 aromatic rings. The lowest BCUT2D eigenvalue weighted by molar-refractivity contribution is 0.602. The van der Waals surface area contributed by atoms with Crippen molar-refractivity contribution in [2.45, 2.75) is 31.2 Å². The molecule has 1 heterocycles. The van der Waals surface area contributed by atoms with E-state index in [4.69, 9.17) is 0 Å². The van der Waals surface area contributed by atoms with Gasteiger partial charge < -0.3 is 5.32 Å². The summed E-state index contributed by atoms with van der Waals surface area (Å²) in [5, 5.41) is 7.66. The maximum atomic E-state index is 11.8. The number of benzene rings is 1. The molecule has 0 spiro atoms. The molecule has 6 heteroatoms. The maximum absolute atomic E-state index is 11.8. The van der Waals surface area contributed by atoms with Crippen molar-refractivity contribution < 1.29 is 8.42 Å². The van der Waals surface area contributed by atoms with Crippen LogP contribution in [0.2, 0.25) is 0 Å². The first-order valence-electron chi connectivity index (χ1n) is 6.84. The van der Waals surface area contributed by atoms with Crippen LogP contribution in [0.4, 0.5) is 5.69 Å². The minimum absolute atomic E-state index is 0.319. The van der Waals surface area contributed by atoms with Gasteiger partial charge in [-0.15, -0.1) is 0 Å². The summed E-state index contributed by atoms with van der Waals surface area (Å²) in [6.07, 6.45) is 3.18. The molecule has 0 aliphatic rings. The Morgan fingerprint density at radius 2 is 1.95 bits per heavy atom. The molecule has 114 valence electrons. The number of rotatable bonds is 5. The van der Waals surface area contributed by atoms with Gasteiger partial charge in [0.25, 0.3) is 0 Å². The second-order valence-electron chi connectivity index (χ2n) is 5.49. The fourth-order valence-corrected chi connectivity index (χ4v) is 3.17. The summed E-state index contributed by atoms with van der Waals surface area (Å²) in [5.74, 6) is 0.327. The highest BCUT2D eigenvalue weighted by molar-refractivity contribution is 7.90. The van der Waals surface area contributed by atoms with Crippen LogP contribution in [0.25, 0.3) is 0 Å². The summed E-state index contributed by atoms with van der Waals surface area (Å²) < 4.78 is 25.4. The molecule has 2 rings (SSSR count). The quantitative estimate of drug-likeness (QED) is 0.922. The van der Waals surface area contributed by atoms with Crippen molar-refractivity contribution in [1.29, 1.82) is 0 Å². The van der Waals surface area contributed by atoms with Gasteiger partial charge in [-0.25, -0.2) is 8.42 Å². The summed E-state index contributed by atoms with van der Waals surface area (Å²) in [6.45, 7) is 4.74. The number of sulfone groups is 1. The molecular weight excluding hydrogens is 286 g/mol. The smallest absolute Gasteiger partial charge is 0.177 e. The lowest BCUT2D eigenvalue weighted by Gasteiger charge is -2.11. The SMILES string of the molecule is CC(C)c1nn(C)cc1CNc1ccccc1S(C)(=O)=O. The van der Waals surface area contributed by atoms with Crippen LogP contribution in [0, 0.1) is 0 Å². The van der Waals surface area contributed by atoms with Gasteiger partial charge in [-0.2, -0.15) is 5.10 Å². The second kappa shape index (κ2) is 5.89. The molecule has 0 saturated heterocycles. The van der Waals surface area contributed by atoms with Crippen LogP contribution in [0.5, 0.6) is 0 Å². The van der Waals surface area contributed by atoms with E-state index >= 15 is 0 Å². The monoisotopic (exact) mass is 307 g/mol. The number of nitrogens with zero attached hydrogens (tertiary/aromatic N) is 2. The summed E-state index contributed by atoms with van der Waals surface area (Å²) >= 11 is 0. The molecule has 0 saturated carbocycles. The predicted molar refractivity (Wildman–Crippen MR) is 84.2 cm³/mol.